The Hall–Kier alpha value is -3.20. The SMILES string of the molecule is COC(=O)c1cc(NC(=O)CN(C)C2=NS(=O)(=O)c3ccccc32)cc(C)c1C. The molecule has 0 radical (unpaired) electrons. The number of methoxy groups -OCH3 is 1. The van der Waals surface area contributed by atoms with E-state index in [1.807, 2.05) is 6.92 Å². The number of nitrogens with zero attached hydrogens (tertiary/aromatic N) is 2. The predicted molar refractivity (Wildman–Crippen MR) is 109 cm³/mol. The zero-order chi connectivity index (χ0) is 21.3. The van der Waals surface area contributed by atoms with Crippen molar-refractivity contribution in [2.75, 3.05) is 26.0 Å². The average molecular weight is 415 g/mol. The summed E-state index contributed by atoms with van der Waals surface area (Å²) in [5, 5.41) is 2.74. The zero-order valence-electron chi connectivity index (χ0n) is 16.5. The molecule has 8 nitrogen and oxygen atoms in total. The van der Waals surface area contributed by atoms with E-state index in [4.69, 9.17) is 4.74 Å². The Balaban J connectivity index is 1.79. The molecule has 2 aromatic rings. The summed E-state index contributed by atoms with van der Waals surface area (Å²) in [7, 11) is -0.869. The second kappa shape index (κ2) is 7.67. The number of amidine groups is 1. The van der Waals surface area contributed by atoms with E-state index < -0.39 is 16.0 Å². The number of benzene rings is 2. The van der Waals surface area contributed by atoms with E-state index in [-0.39, 0.29) is 23.2 Å². The van der Waals surface area contributed by atoms with Crippen LogP contribution in [0.5, 0.6) is 0 Å². The topological polar surface area (TPSA) is 105 Å². The minimum Gasteiger partial charge on any atom is -0.465 e. The third kappa shape index (κ3) is 4.00. The van der Waals surface area contributed by atoms with Gasteiger partial charge in [-0.3, -0.25) is 4.79 Å². The maximum atomic E-state index is 12.5. The molecular weight excluding hydrogens is 394 g/mol. The van der Waals surface area contributed by atoms with Crippen LogP contribution in [-0.4, -0.2) is 51.7 Å². The lowest BCUT2D eigenvalue weighted by molar-refractivity contribution is -0.116. The van der Waals surface area contributed by atoms with Crippen molar-refractivity contribution in [3.63, 3.8) is 0 Å². The molecule has 0 spiro atoms. The number of likely N-dealkylation sites (N-methyl/N-ethyl adjacent to an activating group) is 1. The summed E-state index contributed by atoms with van der Waals surface area (Å²) in [6, 6.07) is 9.79. The van der Waals surface area contributed by atoms with Crippen LogP contribution in [0.1, 0.15) is 27.0 Å². The number of sulfonamides is 1. The molecule has 1 aliphatic heterocycles. The Kier molecular flexibility index (Phi) is 5.43. The average Bonchev–Trinajstić information content (AvgIpc) is 2.95. The minimum absolute atomic E-state index is 0.122. The minimum atomic E-state index is -3.76. The summed E-state index contributed by atoms with van der Waals surface area (Å²) in [5.41, 5.74) is 2.89. The number of esters is 1. The fourth-order valence-corrected chi connectivity index (χ4v) is 4.36. The van der Waals surface area contributed by atoms with Gasteiger partial charge in [0.05, 0.1) is 19.2 Å². The van der Waals surface area contributed by atoms with E-state index in [2.05, 4.69) is 9.71 Å². The number of anilines is 1. The van der Waals surface area contributed by atoms with Crippen molar-refractivity contribution in [1.82, 2.24) is 4.90 Å². The Morgan fingerprint density at radius 3 is 2.55 bits per heavy atom. The summed E-state index contributed by atoms with van der Waals surface area (Å²) in [4.78, 5) is 26.1. The molecule has 0 aliphatic carbocycles. The fraction of sp³-hybridized carbons (Fsp3) is 0.250. The lowest BCUT2D eigenvalue weighted by Gasteiger charge is -2.19. The largest absolute Gasteiger partial charge is 0.465 e. The summed E-state index contributed by atoms with van der Waals surface area (Å²) in [6.45, 7) is 3.51. The third-order valence-electron chi connectivity index (χ3n) is 4.71. The normalized spacial score (nSPS) is 14.0. The molecule has 3 rings (SSSR count). The number of ether oxygens (including phenoxy) is 1. The summed E-state index contributed by atoms with van der Waals surface area (Å²) >= 11 is 0. The molecule has 2 aromatic carbocycles. The molecule has 1 amide bonds. The smallest absolute Gasteiger partial charge is 0.338 e. The van der Waals surface area contributed by atoms with Crippen molar-refractivity contribution in [3.05, 3.63) is 58.7 Å². The summed E-state index contributed by atoms with van der Waals surface area (Å²) in [6.07, 6.45) is 0. The van der Waals surface area contributed by atoms with Crippen LogP contribution in [0.15, 0.2) is 45.7 Å². The van der Waals surface area contributed by atoms with Crippen molar-refractivity contribution in [3.8, 4) is 0 Å². The number of amides is 1. The Morgan fingerprint density at radius 2 is 1.86 bits per heavy atom. The van der Waals surface area contributed by atoms with Crippen molar-refractivity contribution in [2.24, 2.45) is 4.40 Å². The van der Waals surface area contributed by atoms with Crippen molar-refractivity contribution >= 4 is 33.4 Å². The number of carbonyl (C=O) groups is 2. The zero-order valence-corrected chi connectivity index (χ0v) is 17.3. The molecule has 0 atom stereocenters. The quantitative estimate of drug-likeness (QED) is 0.767. The maximum Gasteiger partial charge on any atom is 0.338 e. The van der Waals surface area contributed by atoms with Gasteiger partial charge in [0.25, 0.3) is 10.0 Å². The Morgan fingerprint density at radius 1 is 1.17 bits per heavy atom. The highest BCUT2D eigenvalue weighted by Gasteiger charge is 2.31. The highest BCUT2D eigenvalue weighted by Crippen LogP contribution is 2.27. The van der Waals surface area contributed by atoms with Crippen LogP contribution >= 0.6 is 0 Å². The van der Waals surface area contributed by atoms with E-state index in [1.165, 1.54) is 18.1 Å². The van der Waals surface area contributed by atoms with E-state index in [1.54, 1.807) is 44.3 Å². The number of aryl methyl sites for hydroxylation is 1. The first-order valence-corrected chi connectivity index (χ1v) is 10.2. The maximum absolute atomic E-state index is 12.5. The lowest BCUT2D eigenvalue weighted by atomic mass is 10.0. The fourth-order valence-electron chi connectivity index (χ4n) is 3.11. The van der Waals surface area contributed by atoms with Crippen molar-refractivity contribution in [2.45, 2.75) is 18.7 Å². The molecule has 0 saturated heterocycles. The van der Waals surface area contributed by atoms with Crippen LogP contribution in [0.25, 0.3) is 0 Å². The standard InChI is InChI=1S/C20H21N3O5S/c1-12-9-14(10-16(13(12)2)20(25)28-4)21-18(24)11-23(3)19-15-7-5-6-8-17(15)29(26,27)22-19/h5-10H,11H2,1-4H3,(H,21,24). The summed E-state index contributed by atoms with van der Waals surface area (Å²) in [5.74, 6) is -0.650. The van der Waals surface area contributed by atoms with Gasteiger partial charge in [-0.2, -0.15) is 8.42 Å². The van der Waals surface area contributed by atoms with Gasteiger partial charge in [0, 0.05) is 18.3 Å². The van der Waals surface area contributed by atoms with Gasteiger partial charge >= 0.3 is 5.97 Å². The summed E-state index contributed by atoms with van der Waals surface area (Å²) < 4.78 is 33.0. The van der Waals surface area contributed by atoms with Crippen LogP contribution in [0.4, 0.5) is 5.69 Å². The molecule has 0 saturated carbocycles. The first-order valence-electron chi connectivity index (χ1n) is 8.79. The second-order valence-electron chi connectivity index (χ2n) is 6.75. The second-order valence-corrected chi connectivity index (χ2v) is 8.32. The highest BCUT2D eigenvalue weighted by atomic mass is 32.2. The van der Waals surface area contributed by atoms with Gasteiger partial charge in [-0.1, -0.05) is 12.1 Å². The molecule has 1 heterocycles. The molecule has 0 bridgehead atoms. The van der Waals surface area contributed by atoms with Gasteiger partial charge in [-0.05, 0) is 49.2 Å². The van der Waals surface area contributed by atoms with Gasteiger partial charge in [-0.15, -0.1) is 4.40 Å². The number of hydrogen-bond acceptors (Lipinski definition) is 6. The predicted octanol–water partition coefficient (Wildman–Crippen LogP) is 2.11. The monoisotopic (exact) mass is 415 g/mol. The molecular formula is C20H21N3O5S. The van der Waals surface area contributed by atoms with Crippen LogP contribution in [0.2, 0.25) is 0 Å². The molecule has 0 fully saturated rings. The first kappa shape index (κ1) is 20.5. The number of nitrogens with one attached hydrogen (secondary N) is 1. The Labute approximate surface area is 169 Å². The number of carbonyl (C=O) groups excluding carboxylic acids is 2. The van der Waals surface area contributed by atoms with E-state index in [0.717, 1.165) is 11.1 Å². The number of rotatable bonds is 4. The van der Waals surface area contributed by atoms with Crippen LogP contribution in [-0.2, 0) is 19.6 Å². The molecule has 152 valence electrons. The molecule has 0 unspecified atom stereocenters. The molecule has 0 aromatic heterocycles. The number of hydrogen-bond donors (Lipinski definition) is 1. The van der Waals surface area contributed by atoms with Gasteiger partial charge < -0.3 is 15.0 Å². The van der Waals surface area contributed by atoms with Crippen LogP contribution in [0, 0.1) is 13.8 Å². The molecule has 1 N–H and O–H groups in total. The Bertz CT molecular complexity index is 1140. The molecule has 9 heteroatoms. The van der Waals surface area contributed by atoms with Crippen molar-refractivity contribution < 1.29 is 22.7 Å². The van der Waals surface area contributed by atoms with Gasteiger partial charge in [0.15, 0.2) is 5.84 Å². The lowest BCUT2D eigenvalue weighted by Crippen LogP contribution is -2.35. The third-order valence-corrected chi connectivity index (χ3v) is 6.04. The van der Waals surface area contributed by atoms with E-state index >= 15 is 0 Å². The first-order chi connectivity index (χ1) is 13.6. The van der Waals surface area contributed by atoms with Crippen molar-refractivity contribution in [1.29, 1.82) is 0 Å². The van der Waals surface area contributed by atoms with Gasteiger partial charge in [-0.25, -0.2) is 4.79 Å². The van der Waals surface area contributed by atoms with Crippen LogP contribution < -0.4 is 5.32 Å². The highest BCUT2D eigenvalue weighted by molar-refractivity contribution is 7.90. The van der Waals surface area contributed by atoms with E-state index in [0.29, 0.717) is 16.8 Å². The number of fused-ring (bicyclic) bond motifs is 1. The van der Waals surface area contributed by atoms with Gasteiger partial charge in [0.1, 0.15) is 4.90 Å². The van der Waals surface area contributed by atoms with Gasteiger partial charge in [0.2, 0.25) is 5.91 Å². The van der Waals surface area contributed by atoms with Crippen LogP contribution in [0.3, 0.4) is 0 Å². The van der Waals surface area contributed by atoms with E-state index in [9.17, 15) is 18.0 Å². The molecule has 1 aliphatic rings. The molecule has 29 heavy (non-hydrogen) atoms.